The highest BCUT2D eigenvalue weighted by Gasteiger charge is 2.18. The number of halogens is 2. The van der Waals surface area contributed by atoms with Gasteiger partial charge in [-0.3, -0.25) is 14.3 Å². The van der Waals surface area contributed by atoms with Crippen LogP contribution in [0.25, 0.3) is 11.3 Å². The van der Waals surface area contributed by atoms with Gasteiger partial charge in [0.1, 0.15) is 24.2 Å². The molecular weight excluding hydrogens is 527 g/mol. The summed E-state index contributed by atoms with van der Waals surface area (Å²) in [5.74, 6) is -0.891. The van der Waals surface area contributed by atoms with E-state index in [9.17, 15) is 14.0 Å². The first kappa shape index (κ1) is 29.2. The van der Waals surface area contributed by atoms with Gasteiger partial charge in [-0.05, 0) is 31.2 Å². The molecule has 2 heterocycles. The molecule has 12 heteroatoms. The zero-order valence-corrected chi connectivity index (χ0v) is 24.0. The fourth-order valence-corrected chi connectivity index (χ4v) is 4.74. The number of ketones is 1. The maximum absolute atomic E-state index is 14.1. The van der Waals surface area contributed by atoms with Crippen LogP contribution < -0.4 is 5.32 Å². The van der Waals surface area contributed by atoms with Gasteiger partial charge in [0.05, 0.1) is 29.4 Å². The number of carbonyl (C=O) groups excluding carboxylic acids is 2. The minimum absolute atomic E-state index is 0.0138. The largest absolute Gasteiger partial charge is 0.361 e. The smallest absolute Gasteiger partial charge is 0.226 e. The zero-order chi connectivity index (χ0) is 28.0. The van der Waals surface area contributed by atoms with Crippen LogP contribution in [0, 0.1) is 17.1 Å². The fraction of sp³-hybridized carbons (Fsp3) is 0.423. The van der Waals surface area contributed by atoms with Gasteiger partial charge in [-0.1, -0.05) is 31.2 Å². The molecule has 202 valence electrons. The lowest BCUT2D eigenvalue weighted by Crippen LogP contribution is -2.36. The molecule has 2 aromatic heterocycles. The predicted molar refractivity (Wildman–Crippen MR) is 145 cm³/mol. The summed E-state index contributed by atoms with van der Waals surface area (Å²) >= 11 is 6.00. The average molecular weight is 559 g/mol. The maximum atomic E-state index is 14.1. The number of benzene rings is 1. The SMILES string of the molecule is CC(=O)c1nc(CC(=O)N[C@@H](C)Cn2ccc(-c3cc(F)c(C#N)c(Cl)c3)n2)cn1COCC[Si](C)(C)C. The van der Waals surface area contributed by atoms with Gasteiger partial charge in [-0.25, -0.2) is 9.37 Å². The molecule has 0 unspecified atom stereocenters. The molecule has 38 heavy (non-hydrogen) atoms. The van der Waals surface area contributed by atoms with Crippen LogP contribution in [-0.4, -0.2) is 51.7 Å². The van der Waals surface area contributed by atoms with Crippen LogP contribution in [0.2, 0.25) is 30.7 Å². The van der Waals surface area contributed by atoms with E-state index in [0.717, 1.165) is 6.04 Å². The van der Waals surface area contributed by atoms with Crippen molar-refractivity contribution in [1.82, 2.24) is 24.6 Å². The number of imidazole rings is 1. The quantitative estimate of drug-likeness (QED) is 0.196. The molecule has 1 aromatic carbocycles. The minimum Gasteiger partial charge on any atom is -0.361 e. The normalized spacial score (nSPS) is 12.3. The molecule has 3 aromatic rings. The van der Waals surface area contributed by atoms with Crippen molar-refractivity contribution in [2.75, 3.05) is 6.61 Å². The first-order valence-electron chi connectivity index (χ1n) is 12.2. The van der Waals surface area contributed by atoms with Crippen molar-refractivity contribution in [3.8, 4) is 17.3 Å². The van der Waals surface area contributed by atoms with Gasteiger partial charge in [-0.15, -0.1) is 0 Å². The summed E-state index contributed by atoms with van der Waals surface area (Å²) in [7, 11) is -1.22. The number of ether oxygens (including phenoxy) is 1. The number of carbonyl (C=O) groups is 2. The molecule has 0 bridgehead atoms. The van der Waals surface area contributed by atoms with Crippen LogP contribution in [0.4, 0.5) is 4.39 Å². The Kier molecular flexibility index (Phi) is 9.59. The Hall–Kier alpha value is -3.33. The van der Waals surface area contributed by atoms with Crippen molar-refractivity contribution in [3.63, 3.8) is 0 Å². The molecule has 0 radical (unpaired) electrons. The van der Waals surface area contributed by atoms with Gasteiger partial charge in [0.2, 0.25) is 5.91 Å². The van der Waals surface area contributed by atoms with E-state index in [0.29, 0.717) is 30.1 Å². The van der Waals surface area contributed by atoms with Crippen molar-refractivity contribution < 1.29 is 18.7 Å². The third kappa shape index (κ3) is 8.08. The Bertz CT molecular complexity index is 1330. The maximum Gasteiger partial charge on any atom is 0.226 e. The number of rotatable bonds is 12. The predicted octanol–water partition coefficient (Wildman–Crippen LogP) is 4.67. The van der Waals surface area contributed by atoms with Crippen LogP contribution in [0.3, 0.4) is 0 Å². The van der Waals surface area contributed by atoms with E-state index in [4.69, 9.17) is 21.6 Å². The number of Topliss-reactive ketones (excluding diaryl/α,β-unsaturated/α-hetero) is 1. The van der Waals surface area contributed by atoms with E-state index in [1.54, 1.807) is 33.8 Å². The summed E-state index contributed by atoms with van der Waals surface area (Å²) < 4.78 is 23.1. The van der Waals surface area contributed by atoms with Gasteiger partial charge in [-0.2, -0.15) is 10.4 Å². The van der Waals surface area contributed by atoms with Crippen molar-refractivity contribution in [2.45, 2.75) is 65.3 Å². The molecule has 0 fully saturated rings. The Morgan fingerprint density at radius 2 is 2.05 bits per heavy atom. The second-order valence-corrected chi connectivity index (χ2v) is 16.5. The van der Waals surface area contributed by atoms with Gasteiger partial charge < -0.3 is 14.6 Å². The van der Waals surface area contributed by atoms with Gasteiger partial charge in [0.15, 0.2) is 11.6 Å². The van der Waals surface area contributed by atoms with E-state index in [1.807, 2.05) is 6.92 Å². The van der Waals surface area contributed by atoms with Gasteiger partial charge in [0, 0.05) is 45.6 Å². The Labute approximate surface area is 227 Å². The standard InChI is InChI=1S/C26H32ClFN6O3Si/c1-17(14-34-7-6-24(32-34)19-10-22(27)21(13-29)23(28)11-19)30-25(36)12-20-15-33(26(31-20)18(2)35)16-37-8-9-38(3,4)5/h6-7,10-11,15,17H,8-9,12,14,16H2,1-5H3,(H,30,36)/t17-/m0/s1. The van der Waals surface area contributed by atoms with Crippen LogP contribution in [0.5, 0.6) is 0 Å². The molecule has 1 atom stereocenters. The van der Waals surface area contributed by atoms with Gasteiger partial charge >= 0.3 is 0 Å². The van der Waals surface area contributed by atoms with Crippen molar-refractivity contribution in [1.29, 1.82) is 5.26 Å². The van der Waals surface area contributed by atoms with Crippen LogP contribution in [0.15, 0.2) is 30.6 Å². The minimum atomic E-state index is -1.22. The molecule has 0 aliphatic carbocycles. The Balaban J connectivity index is 1.57. The molecule has 0 spiro atoms. The van der Waals surface area contributed by atoms with Crippen LogP contribution in [0.1, 0.15) is 35.7 Å². The van der Waals surface area contributed by atoms with E-state index >= 15 is 0 Å². The van der Waals surface area contributed by atoms with Crippen molar-refractivity contribution in [3.05, 3.63) is 58.5 Å². The van der Waals surface area contributed by atoms with E-state index in [1.165, 1.54) is 19.1 Å². The summed E-state index contributed by atoms with van der Waals surface area (Å²) in [6.07, 6.45) is 3.40. The second kappa shape index (κ2) is 12.5. The summed E-state index contributed by atoms with van der Waals surface area (Å²) in [6.45, 7) is 11.3. The Morgan fingerprint density at radius 3 is 2.68 bits per heavy atom. The molecule has 0 saturated heterocycles. The number of hydrogen-bond acceptors (Lipinski definition) is 6. The average Bonchev–Trinajstić information content (AvgIpc) is 3.42. The topological polar surface area (TPSA) is 115 Å². The molecule has 0 saturated carbocycles. The first-order valence-corrected chi connectivity index (χ1v) is 16.3. The lowest BCUT2D eigenvalue weighted by atomic mass is 10.1. The molecule has 0 aliphatic heterocycles. The lowest BCUT2D eigenvalue weighted by Gasteiger charge is -2.15. The van der Waals surface area contributed by atoms with E-state index < -0.39 is 13.9 Å². The van der Waals surface area contributed by atoms with E-state index in [2.05, 4.69) is 35.0 Å². The Morgan fingerprint density at radius 1 is 1.32 bits per heavy atom. The second-order valence-electron chi connectivity index (χ2n) is 10.4. The molecule has 3 rings (SSSR count). The fourth-order valence-electron chi connectivity index (χ4n) is 3.74. The van der Waals surface area contributed by atoms with Crippen LogP contribution in [-0.2, 0) is 29.2 Å². The van der Waals surface area contributed by atoms with Crippen molar-refractivity contribution >= 4 is 31.4 Å². The number of nitriles is 1. The molecule has 9 nitrogen and oxygen atoms in total. The number of nitrogens with zero attached hydrogens (tertiary/aromatic N) is 5. The molecular formula is C26H32ClFN6O3Si. The lowest BCUT2D eigenvalue weighted by molar-refractivity contribution is -0.121. The van der Waals surface area contributed by atoms with Crippen LogP contribution >= 0.6 is 11.6 Å². The zero-order valence-electron chi connectivity index (χ0n) is 22.2. The monoisotopic (exact) mass is 558 g/mol. The third-order valence-corrected chi connectivity index (χ3v) is 7.67. The first-order chi connectivity index (χ1) is 17.9. The van der Waals surface area contributed by atoms with Crippen molar-refractivity contribution in [2.24, 2.45) is 0 Å². The summed E-state index contributed by atoms with van der Waals surface area (Å²) in [4.78, 5) is 29.0. The third-order valence-electron chi connectivity index (χ3n) is 5.67. The molecule has 0 aliphatic rings. The highest BCUT2D eigenvalue weighted by atomic mass is 35.5. The number of aromatic nitrogens is 4. The molecule has 1 amide bonds. The summed E-state index contributed by atoms with van der Waals surface area (Å²) in [5, 5.41) is 16.3. The summed E-state index contributed by atoms with van der Waals surface area (Å²) in [6, 6.07) is 6.89. The molecule has 1 N–H and O–H groups in total. The number of nitrogens with one attached hydrogen (secondary N) is 1. The highest BCUT2D eigenvalue weighted by Crippen LogP contribution is 2.26. The number of amides is 1. The highest BCUT2D eigenvalue weighted by molar-refractivity contribution is 6.76. The van der Waals surface area contributed by atoms with Gasteiger partial charge in [0.25, 0.3) is 0 Å². The number of hydrogen-bond donors (Lipinski definition) is 1. The summed E-state index contributed by atoms with van der Waals surface area (Å²) in [5.41, 5.74) is 1.21. The van der Waals surface area contributed by atoms with E-state index in [-0.39, 0.29) is 47.3 Å².